The van der Waals surface area contributed by atoms with Crippen molar-refractivity contribution >= 4 is 22.4 Å². The monoisotopic (exact) mass is 236 g/mol. The summed E-state index contributed by atoms with van der Waals surface area (Å²) in [5, 5.41) is 4.70. The maximum Gasteiger partial charge on any atom is 0.196 e. The van der Waals surface area contributed by atoms with Crippen molar-refractivity contribution in [1.82, 2.24) is 5.16 Å². The number of nitrogen functional groups attached to an aromatic ring is 1. The van der Waals surface area contributed by atoms with Crippen molar-refractivity contribution in [2.45, 2.75) is 0 Å². The van der Waals surface area contributed by atoms with Gasteiger partial charge in [0, 0.05) is 16.8 Å². The topological polar surface area (TPSA) is 69.1 Å². The fourth-order valence-corrected chi connectivity index (χ4v) is 2.50. The third-order valence-corrected chi connectivity index (χ3v) is 3.32. The normalized spacial score (nSPS) is 12.8. The van der Waals surface area contributed by atoms with Gasteiger partial charge in [0.2, 0.25) is 0 Å². The molecule has 0 aliphatic heterocycles. The van der Waals surface area contributed by atoms with Crippen LogP contribution in [-0.4, -0.2) is 10.9 Å². The molecule has 0 unspecified atom stereocenters. The quantitative estimate of drug-likeness (QED) is 0.476. The molecule has 4 rings (SSSR count). The van der Waals surface area contributed by atoms with Gasteiger partial charge in [-0.05, 0) is 12.1 Å². The molecule has 0 radical (unpaired) electrons. The Labute approximate surface area is 102 Å². The number of nitrogens with two attached hydrogens (primary N) is 1. The first-order chi connectivity index (χ1) is 8.77. The number of aromatic nitrogens is 1. The minimum atomic E-state index is -0.0654. The Morgan fingerprint density at radius 3 is 2.67 bits per heavy atom. The molecule has 0 atom stereocenters. The number of benzene rings is 2. The third-order valence-electron chi connectivity index (χ3n) is 3.32. The molecule has 1 heterocycles. The second kappa shape index (κ2) is 2.98. The van der Waals surface area contributed by atoms with Gasteiger partial charge in [-0.2, -0.15) is 0 Å². The van der Waals surface area contributed by atoms with Crippen LogP contribution in [0.25, 0.3) is 22.2 Å². The van der Waals surface area contributed by atoms with Crippen LogP contribution in [0.5, 0.6) is 0 Å². The van der Waals surface area contributed by atoms with Gasteiger partial charge in [0.15, 0.2) is 11.5 Å². The maximum absolute atomic E-state index is 12.5. The van der Waals surface area contributed by atoms with Gasteiger partial charge in [0.1, 0.15) is 5.52 Å². The van der Waals surface area contributed by atoms with E-state index in [2.05, 4.69) is 5.16 Å². The predicted octanol–water partition coefficient (Wildman–Crippen LogP) is 2.62. The van der Waals surface area contributed by atoms with Crippen LogP contribution in [0, 0.1) is 0 Å². The molecule has 0 saturated carbocycles. The average molecular weight is 236 g/mol. The summed E-state index contributed by atoms with van der Waals surface area (Å²) in [6, 6.07) is 10.8. The van der Waals surface area contributed by atoms with Crippen LogP contribution in [0.2, 0.25) is 0 Å². The molecule has 1 aromatic heterocycles. The molecule has 0 bridgehead atoms. The number of fused-ring (bicyclic) bond motifs is 2. The van der Waals surface area contributed by atoms with Gasteiger partial charge >= 0.3 is 0 Å². The Balaban J connectivity index is 2.28. The largest absolute Gasteiger partial charge is 0.398 e. The smallest absolute Gasteiger partial charge is 0.196 e. The molecule has 4 heteroatoms. The molecule has 0 amide bonds. The lowest BCUT2D eigenvalue weighted by molar-refractivity contribution is 0.104. The molecule has 1 aliphatic rings. The van der Waals surface area contributed by atoms with E-state index in [4.69, 9.17) is 10.3 Å². The van der Waals surface area contributed by atoms with E-state index < -0.39 is 0 Å². The van der Waals surface area contributed by atoms with E-state index in [-0.39, 0.29) is 5.78 Å². The third kappa shape index (κ3) is 0.953. The lowest BCUT2D eigenvalue weighted by Gasteiger charge is -2.14. The van der Waals surface area contributed by atoms with Crippen LogP contribution in [0.1, 0.15) is 15.9 Å². The number of rotatable bonds is 0. The van der Waals surface area contributed by atoms with E-state index in [0.29, 0.717) is 28.1 Å². The standard InChI is InChI=1S/C14H8N2O2/c15-9-5-6-10-12-11(9)13(17)7-3-1-2-4-8(7)14(12)18-16-10/h1-6H,15H2. The van der Waals surface area contributed by atoms with Gasteiger partial charge in [-0.3, -0.25) is 4.79 Å². The van der Waals surface area contributed by atoms with Crippen LogP contribution in [0.4, 0.5) is 5.69 Å². The van der Waals surface area contributed by atoms with Crippen LogP contribution >= 0.6 is 0 Å². The number of hydrogen-bond donors (Lipinski definition) is 1. The summed E-state index contributed by atoms with van der Waals surface area (Å²) in [6.07, 6.45) is 0. The number of carbonyl (C=O) groups excluding carboxylic acids is 1. The number of ketones is 1. The fourth-order valence-electron chi connectivity index (χ4n) is 2.50. The van der Waals surface area contributed by atoms with Crippen LogP contribution in [0.3, 0.4) is 0 Å². The molecule has 0 fully saturated rings. The Kier molecular flexibility index (Phi) is 1.56. The van der Waals surface area contributed by atoms with E-state index in [1.54, 1.807) is 18.2 Å². The van der Waals surface area contributed by atoms with Gasteiger partial charge < -0.3 is 10.3 Å². The molecular formula is C14H8N2O2. The van der Waals surface area contributed by atoms with E-state index in [1.165, 1.54) is 0 Å². The molecule has 2 aromatic carbocycles. The van der Waals surface area contributed by atoms with Crippen molar-refractivity contribution in [1.29, 1.82) is 0 Å². The second-order valence-electron chi connectivity index (χ2n) is 4.31. The highest BCUT2D eigenvalue weighted by Gasteiger charge is 2.30. The van der Waals surface area contributed by atoms with Crippen molar-refractivity contribution in [2.75, 3.05) is 5.73 Å². The lowest BCUT2D eigenvalue weighted by Crippen LogP contribution is -2.11. The van der Waals surface area contributed by atoms with Crippen molar-refractivity contribution in [2.24, 2.45) is 0 Å². The van der Waals surface area contributed by atoms with Crippen LogP contribution < -0.4 is 5.73 Å². The molecule has 3 aromatic rings. The Bertz CT molecular complexity index is 818. The van der Waals surface area contributed by atoms with Gasteiger partial charge in [-0.1, -0.05) is 29.4 Å². The minimum absolute atomic E-state index is 0.0654. The molecule has 2 N–H and O–H groups in total. The van der Waals surface area contributed by atoms with Crippen LogP contribution in [0.15, 0.2) is 40.9 Å². The minimum Gasteiger partial charge on any atom is -0.398 e. The molecule has 18 heavy (non-hydrogen) atoms. The fraction of sp³-hybridized carbons (Fsp3) is 0. The number of carbonyl (C=O) groups is 1. The van der Waals surface area contributed by atoms with Gasteiger partial charge in [0.25, 0.3) is 0 Å². The second-order valence-corrected chi connectivity index (χ2v) is 4.31. The molecule has 0 saturated heterocycles. The first-order valence-corrected chi connectivity index (χ1v) is 5.59. The summed E-state index contributed by atoms with van der Waals surface area (Å²) < 4.78 is 5.37. The van der Waals surface area contributed by atoms with Gasteiger partial charge in [0.05, 0.1) is 10.9 Å². The maximum atomic E-state index is 12.5. The Morgan fingerprint density at radius 2 is 1.83 bits per heavy atom. The van der Waals surface area contributed by atoms with Gasteiger partial charge in [-0.25, -0.2) is 0 Å². The number of anilines is 1. The van der Waals surface area contributed by atoms with E-state index in [9.17, 15) is 4.79 Å². The SMILES string of the molecule is Nc1ccc2noc3c2c1C(=O)c1ccccc1-3. The predicted molar refractivity (Wildman–Crippen MR) is 67.3 cm³/mol. The number of hydrogen-bond acceptors (Lipinski definition) is 4. The summed E-state index contributed by atoms with van der Waals surface area (Å²) in [5.74, 6) is 0.562. The zero-order chi connectivity index (χ0) is 12.3. The summed E-state index contributed by atoms with van der Waals surface area (Å²) in [4.78, 5) is 12.5. The van der Waals surface area contributed by atoms with Crippen LogP contribution in [-0.2, 0) is 0 Å². The zero-order valence-electron chi connectivity index (χ0n) is 9.31. The highest BCUT2D eigenvalue weighted by molar-refractivity contribution is 6.27. The summed E-state index contributed by atoms with van der Waals surface area (Å²) >= 11 is 0. The number of nitrogens with zero attached hydrogens (tertiary/aromatic N) is 1. The molecule has 86 valence electrons. The molecule has 0 spiro atoms. The molecule has 4 nitrogen and oxygen atoms in total. The van der Waals surface area contributed by atoms with Gasteiger partial charge in [-0.15, -0.1) is 0 Å². The summed E-state index contributed by atoms with van der Waals surface area (Å²) in [6.45, 7) is 0. The molecular weight excluding hydrogens is 228 g/mol. The van der Waals surface area contributed by atoms with Crippen molar-refractivity contribution < 1.29 is 9.32 Å². The first kappa shape index (κ1) is 9.41. The van der Waals surface area contributed by atoms with E-state index in [0.717, 1.165) is 10.9 Å². The Morgan fingerprint density at radius 1 is 1.06 bits per heavy atom. The van der Waals surface area contributed by atoms with Crippen molar-refractivity contribution in [3.63, 3.8) is 0 Å². The van der Waals surface area contributed by atoms with E-state index >= 15 is 0 Å². The van der Waals surface area contributed by atoms with Crippen molar-refractivity contribution in [3.05, 3.63) is 47.5 Å². The summed E-state index contributed by atoms with van der Waals surface area (Å²) in [5.41, 5.74) is 8.94. The van der Waals surface area contributed by atoms with Crippen molar-refractivity contribution in [3.8, 4) is 11.3 Å². The molecule has 1 aliphatic carbocycles. The first-order valence-electron chi connectivity index (χ1n) is 5.59. The zero-order valence-corrected chi connectivity index (χ0v) is 9.31. The lowest BCUT2D eigenvalue weighted by atomic mass is 9.87. The highest BCUT2D eigenvalue weighted by atomic mass is 16.5. The van der Waals surface area contributed by atoms with E-state index in [1.807, 2.05) is 18.2 Å². The highest BCUT2D eigenvalue weighted by Crippen LogP contribution is 2.41. The average Bonchev–Trinajstić information content (AvgIpc) is 2.82. The Hall–Kier alpha value is -2.62. The summed E-state index contributed by atoms with van der Waals surface area (Å²) in [7, 11) is 0.